The fourth-order valence-corrected chi connectivity index (χ4v) is 2.47. The summed E-state index contributed by atoms with van der Waals surface area (Å²) in [4.78, 5) is 32.8. The zero-order chi connectivity index (χ0) is 14.7. The van der Waals surface area contributed by atoms with Gasteiger partial charge < -0.3 is 0 Å². The molecule has 1 fully saturated rings. The van der Waals surface area contributed by atoms with E-state index in [1.165, 1.54) is 0 Å². The molecule has 1 aliphatic rings. The lowest BCUT2D eigenvalue weighted by atomic mass is 10.1. The van der Waals surface area contributed by atoms with Crippen LogP contribution >= 0.6 is 0 Å². The van der Waals surface area contributed by atoms with Crippen LogP contribution in [0.2, 0.25) is 0 Å². The van der Waals surface area contributed by atoms with Crippen molar-refractivity contribution in [3.05, 3.63) is 34.3 Å². The van der Waals surface area contributed by atoms with E-state index in [0.29, 0.717) is 24.6 Å². The zero-order valence-electron chi connectivity index (χ0n) is 12.1. The summed E-state index contributed by atoms with van der Waals surface area (Å²) in [6.45, 7) is 8.17. The van der Waals surface area contributed by atoms with Gasteiger partial charge in [-0.3, -0.25) is 19.5 Å². The molecule has 20 heavy (non-hydrogen) atoms. The third-order valence-corrected chi connectivity index (χ3v) is 3.73. The van der Waals surface area contributed by atoms with Crippen LogP contribution < -0.4 is 10.5 Å². The maximum atomic E-state index is 12.1. The van der Waals surface area contributed by atoms with Crippen LogP contribution in [0.25, 0.3) is 0 Å². The molecule has 1 aliphatic heterocycles. The molecule has 1 unspecified atom stereocenters. The lowest BCUT2D eigenvalue weighted by Gasteiger charge is -2.16. The number of hydrogen-bond acceptors (Lipinski definition) is 3. The minimum atomic E-state index is -0.129. The highest BCUT2D eigenvalue weighted by atomic mass is 16.2. The van der Waals surface area contributed by atoms with Crippen molar-refractivity contribution >= 4 is 11.9 Å². The summed E-state index contributed by atoms with van der Waals surface area (Å²) in [5.41, 5.74) is 1.31. The van der Waals surface area contributed by atoms with Gasteiger partial charge in [0.25, 0.3) is 5.56 Å². The molecule has 1 aromatic rings. The van der Waals surface area contributed by atoms with Gasteiger partial charge in [0.05, 0.1) is 0 Å². The number of unbranched alkanes of at least 4 members (excludes halogenated alkanes) is 1. The maximum Gasteiger partial charge on any atom is 0.255 e. The van der Waals surface area contributed by atoms with E-state index in [9.17, 15) is 9.59 Å². The van der Waals surface area contributed by atoms with E-state index < -0.39 is 0 Å². The molecule has 5 heteroatoms. The topological polar surface area (TPSA) is 66.1 Å². The fraction of sp³-hybridized carbons (Fsp3) is 0.533. The van der Waals surface area contributed by atoms with Crippen LogP contribution in [-0.4, -0.2) is 22.4 Å². The van der Waals surface area contributed by atoms with Gasteiger partial charge in [-0.05, 0) is 19.8 Å². The Labute approximate surface area is 118 Å². The largest absolute Gasteiger partial charge is 0.292 e. The number of rotatable bonds is 5. The van der Waals surface area contributed by atoms with Crippen LogP contribution in [0, 0.1) is 12.8 Å². The number of aromatic nitrogens is 2. The summed E-state index contributed by atoms with van der Waals surface area (Å²) >= 11 is 0. The second-order valence-corrected chi connectivity index (χ2v) is 5.26. The Morgan fingerprint density at radius 2 is 2.25 bits per heavy atom. The van der Waals surface area contributed by atoms with Crippen LogP contribution in [0.4, 0.5) is 5.95 Å². The number of carbonyl (C=O) groups excluding carboxylic acids is 1. The molecule has 0 bridgehead atoms. The average Bonchev–Trinajstić information content (AvgIpc) is 2.79. The number of hydrogen-bond donors (Lipinski definition) is 1. The van der Waals surface area contributed by atoms with Crippen molar-refractivity contribution in [3.63, 3.8) is 0 Å². The van der Waals surface area contributed by atoms with Crippen LogP contribution in [0.5, 0.6) is 0 Å². The molecule has 0 aromatic carbocycles. The quantitative estimate of drug-likeness (QED) is 0.835. The van der Waals surface area contributed by atoms with Gasteiger partial charge in [-0.25, -0.2) is 4.98 Å². The first kappa shape index (κ1) is 14.5. The number of carbonyl (C=O) groups is 1. The van der Waals surface area contributed by atoms with E-state index in [0.717, 1.165) is 24.8 Å². The van der Waals surface area contributed by atoms with Crippen molar-refractivity contribution in [2.75, 3.05) is 11.4 Å². The molecule has 5 nitrogen and oxygen atoms in total. The first-order valence-corrected chi connectivity index (χ1v) is 7.09. The smallest absolute Gasteiger partial charge is 0.255 e. The summed E-state index contributed by atoms with van der Waals surface area (Å²) in [5.74, 6) is 0.480. The first-order valence-electron chi connectivity index (χ1n) is 7.09. The molecule has 0 radical (unpaired) electrons. The Morgan fingerprint density at radius 1 is 1.50 bits per heavy atom. The first-order chi connectivity index (χ1) is 9.56. The van der Waals surface area contributed by atoms with Gasteiger partial charge in [-0.1, -0.05) is 19.4 Å². The van der Waals surface area contributed by atoms with E-state index >= 15 is 0 Å². The number of aryl methyl sites for hydroxylation is 1. The normalized spacial score (nSPS) is 18.6. The molecule has 0 aliphatic carbocycles. The molecular formula is C15H21N3O2. The minimum Gasteiger partial charge on any atom is -0.292 e. The predicted molar refractivity (Wildman–Crippen MR) is 78.9 cm³/mol. The number of nitrogens with one attached hydrogen (secondary N) is 1. The second-order valence-electron chi connectivity index (χ2n) is 5.26. The summed E-state index contributed by atoms with van der Waals surface area (Å²) in [5, 5.41) is 0. The van der Waals surface area contributed by atoms with Gasteiger partial charge in [-0.2, -0.15) is 0 Å². The second kappa shape index (κ2) is 6.03. The molecule has 1 N–H and O–H groups in total. The highest BCUT2D eigenvalue weighted by molar-refractivity contribution is 5.94. The number of H-pyrrole nitrogens is 1. The molecule has 108 valence electrons. The van der Waals surface area contributed by atoms with Crippen molar-refractivity contribution in [1.82, 2.24) is 9.97 Å². The number of amides is 1. The maximum absolute atomic E-state index is 12.1. The average molecular weight is 275 g/mol. The van der Waals surface area contributed by atoms with Gasteiger partial charge in [-0.15, -0.1) is 6.58 Å². The molecule has 0 saturated carbocycles. The Kier molecular flexibility index (Phi) is 4.37. The van der Waals surface area contributed by atoms with Crippen molar-refractivity contribution in [1.29, 1.82) is 0 Å². The number of nitrogens with zero attached hydrogens (tertiary/aromatic N) is 2. The lowest BCUT2D eigenvalue weighted by Crippen LogP contribution is -2.30. The molecular weight excluding hydrogens is 254 g/mol. The molecule has 1 atom stereocenters. The summed E-state index contributed by atoms with van der Waals surface area (Å²) in [6, 6.07) is 0. The fourth-order valence-electron chi connectivity index (χ4n) is 2.47. The van der Waals surface area contributed by atoms with E-state index in [1.54, 1.807) is 11.0 Å². The Bertz CT molecular complexity index is 577. The third-order valence-electron chi connectivity index (χ3n) is 3.73. The molecule has 1 aromatic heterocycles. The summed E-state index contributed by atoms with van der Waals surface area (Å²) in [6.07, 6.45) is 4.94. The highest BCUT2D eigenvalue weighted by Gasteiger charge is 2.30. The third kappa shape index (κ3) is 2.81. The van der Waals surface area contributed by atoms with Crippen molar-refractivity contribution in [2.45, 2.75) is 39.5 Å². The monoisotopic (exact) mass is 275 g/mol. The molecule has 2 rings (SSSR count). The zero-order valence-corrected chi connectivity index (χ0v) is 12.1. The van der Waals surface area contributed by atoms with Gasteiger partial charge >= 0.3 is 0 Å². The SMILES string of the molecule is C=CC1CC(=O)N(c2nc(C)c(CCCC)c(=O)[nH]2)C1. The summed E-state index contributed by atoms with van der Waals surface area (Å²) < 4.78 is 0. The Balaban J connectivity index is 2.29. The van der Waals surface area contributed by atoms with Crippen molar-refractivity contribution < 1.29 is 4.79 Å². The standard InChI is InChI=1S/C15H21N3O2/c1-4-6-7-12-10(3)16-15(17-14(12)20)18-9-11(5-2)8-13(18)19/h5,11H,2,4,6-9H2,1,3H3,(H,16,17,20). The molecule has 0 spiro atoms. The van der Waals surface area contributed by atoms with Crippen LogP contribution in [-0.2, 0) is 11.2 Å². The van der Waals surface area contributed by atoms with Gasteiger partial charge in [0.15, 0.2) is 0 Å². The van der Waals surface area contributed by atoms with E-state index in [1.807, 2.05) is 6.92 Å². The highest BCUT2D eigenvalue weighted by Crippen LogP contribution is 2.22. The molecule has 2 heterocycles. The van der Waals surface area contributed by atoms with Gasteiger partial charge in [0, 0.05) is 30.1 Å². The van der Waals surface area contributed by atoms with Crippen molar-refractivity contribution in [3.8, 4) is 0 Å². The minimum absolute atomic E-state index is 0.0150. The van der Waals surface area contributed by atoms with Crippen molar-refractivity contribution in [2.24, 2.45) is 5.92 Å². The van der Waals surface area contributed by atoms with E-state index in [4.69, 9.17) is 0 Å². The van der Waals surface area contributed by atoms with E-state index in [2.05, 4.69) is 23.5 Å². The number of aromatic amines is 1. The van der Waals surface area contributed by atoms with Gasteiger partial charge in [0.2, 0.25) is 11.9 Å². The lowest BCUT2D eigenvalue weighted by molar-refractivity contribution is -0.117. The number of anilines is 1. The Hall–Kier alpha value is -1.91. The van der Waals surface area contributed by atoms with Gasteiger partial charge in [0.1, 0.15) is 0 Å². The van der Waals surface area contributed by atoms with Crippen LogP contribution in [0.3, 0.4) is 0 Å². The van der Waals surface area contributed by atoms with Crippen LogP contribution in [0.1, 0.15) is 37.4 Å². The Morgan fingerprint density at radius 3 is 2.80 bits per heavy atom. The molecule has 1 saturated heterocycles. The van der Waals surface area contributed by atoms with E-state index in [-0.39, 0.29) is 17.4 Å². The predicted octanol–water partition coefficient (Wildman–Crippen LogP) is 1.96. The van der Waals surface area contributed by atoms with Crippen LogP contribution in [0.15, 0.2) is 17.4 Å². The summed E-state index contributed by atoms with van der Waals surface area (Å²) in [7, 11) is 0. The molecule has 1 amide bonds.